The molecule has 0 aliphatic carbocycles. The van der Waals surface area contributed by atoms with Crippen molar-refractivity contribution in [1.29, 1.82) is 0 Å². The fourth-order valence-electron chi connectivity index (χ4n) is 1.32. The van der Waals surface area contributed by atoms with Crippen molar-refractivity contribution in [1.82, 2.24) is 4.98 Å². The topological polar surface area (TPSA) is 33.1 Å². The number of hydrogen-bond acceptors (Lipinski definition) is 2. The van der Waals surface area contributed by atoms with Crippen molar-refractivity contribution >= 4 is 11.6 Å². The number of allylic oxidation sites excluding steroid dienone is 3. The predicted octanol–water partition coefficient (Wildman–Crippen LogP) is 3.59. The van der Waals surface area contributed by atoms with E-state index < -0.39 is 0 Å². The summed E-state index contributed by atoms with van der Waals surface area (Å²) in [6.45, 7) is 7.30. The van der Waals surface area contributed by atoms with Crippen LogP contribution in [0.25, 0.3) is 11.6 Å². The Morgan fingerprint density at radius 1 is 1.40 bits per heavy atom. The zero-order chi connectivity index (χ0) is 11.3. The van der Waals surface area contributed by atoms with Gasteiger partial charge in [0.2, 0.25) is 0 Å². The van der Waals surface area contributed by atoms with Gasteiger partial charge in [0, 0.05) is 11.8 Å². The van der Waals surface area contributed by atoms with Gasteiger partial charge in [0.15, 0.2) is 0 Å². The Balaban J connectivity index is 3.03. The van der Waals surface area contributed by atoms with E-state index in [2.05, 4.69) is 11.6 Å². The minimum Gasteiger partial charge on any atom is -0.508 e. The van der Waals surface area contributed by atoms with Gasteiger partial charge in [-0.25, -0.2) is 0 Å². The monoisotopic (exact) mass is 201 g/mol. The maximum Gasteiger partial charge on any atom is 0.117 e. The second-order valence-electron chi connectivity index (χ2n) is 3.13. The third-order valence-corrected chi connectivity index (χ3v) is 2.02. The fraction of sp³-hybridized carbons (Fsp3) is 0.154. The van der Waals surface area contributed by atoms with Gasteiger partial charge in [0.1, 0.15) is 5.76 Å². The average Bonchev–Trinajstić information content (AvgIpc) is 2.21. The summed E-state index contributed by atoms with van der Waals surface area (Å²) in [5.41, 5.74) is 2.44. The van der Waals surface area contributed by atoms with Gasteiger partial charge in [-0.05, 0) is 25.5 Å². The van der Waals surface area contributed by atoms with Crippen LogP contribution >= 0.6 is 0 Å². The van der Waals surface area contributed by atoms with E-state index in [-0.39, 0.29) is 5.76 Å². The number of aromatic nitrogens is 1. The van der Waals surface area contributed by atoms with Gasteiger partial charge in [-0.1, -0.05) is 30.9 Å². The Hall–Kier alpha value is -1.83. The molecule has 0 atom stereocenters. The third-order valence-electron chi connectivity index (χ3n) is 2.02. The van der Waals surface area contributed by atoms with Gasteiger partial charge in [0.25, 0.3) is 0 Å². The lowest BCUT2D eigenvalue weighted by Crippen LogP contribution is -1.91. The molecular formula is C13H15NO. The van der Waals surface area contributed by atoms with Crippen LogP contribution in [-0.4, -0.2) is 10.1 Å². The predicted molar refractivity (Wildman–Crippen MR) is 64.4 cm³/mol. The number of pyridine rings is 1. The average molecular weight is 201 g/mol. The highest BCUT2D eigenvalue weighted by Crippen LogP contribution is 2.18. The maximum atomic E-state index is 9.32. The summed E-state index contributed by atoms with van der Waals surface area (Å²) in [6, 6.07) is 3.82. The molecule has 0 fully saturated rings. The molecule has 0 saturated carbocycles. The second-order valence-corrected chi connectivity index (χ2v) is 3.13. The van der Waals surface area contributed by atoms with Crippen LogP contribution in [0.2, 0.25) is 0 Å². The second kappa shape index (κ2) is 5.15. The normalized spacial score (nSPS) is 12.0. The van der Waals surface area contributed by atoms with E-state index in [0.29, 0.717) is 5.57 Å². The van der Waals surface area contributed by atoms with Gasteiger partial charge in [-0.15, -0.1) is 0 Å². The molecule has 15 heavy (non-hydrogen) atoms. The molecule has 2 heteroatoms. The van der Waals surface area contributed by atoms with Crippen molar-refractivity contribution in [3.63, 3.8) is 0 Å². The highest BCUT2D eigenvalue weighted by molar-refractivity contribution is 5.74. The molecule has 0 saturated heterocycles. The van der Waals surface area contributed by atoms with Crippen molar-refractivity contribution in [3.8, 4) is 0 Å². The van der Waals surface area contributed by atoms with Gasteiger partial charge in [-0.2, -0.15) is 0 Å². The van der Waals surface area contributed by atoms with Crippen LogP contribution in [0.15, 0.2) is 42.8 Å². The van der Waals surface area contributed by atoms with Gasteiger partial charge in [-0.3, -0.25) is 4.98 Å². The van der Waals surface area contributed by atoms with Crippen LogP contribution < -0.4 is 0 Å². The van der Waals surface area contributed by atoms with Gasteiger partial charge in [0.05, 0.1) is 5.69 Å². The standard InChI is InChI=1S/C13H15NO/c1-4-6-11-7-8-13(14-9-11)12(5-2)10(3)15/h4-9,15H,3H2,1-2H3/b6-4-,12-5+. The van der Waals surface area contributed by atoms with E-state index in [1.165, 1.54) is 0 Å². The van der Waals surface area contributed by atoms with Gasteiger partial charge < -0.3 is 5.11 Å². The van der Waals surface area contributed by atoms with E-state index in [4.69, 9.17) is 0 Å². The molecular weight excluding hydrogens is 186 g/mol. The number of aliphatic hydroxyl groups is 1. The SMILES string of the molecule is C=C(O)/C(=C\C)c1ccc(/C=C\C)cn1. The molecule has 0 bridgehead atoms. The summed E-state index contributed by atoms with van der Waals surface area (Å²) in [5.74, 6) is 0.0452. The van der Waals surface area contributed by atoms with E-state index in [0.717, 1.165) is 11.3 Å². The molecule has 1 aromatic rings. The zero-order valence-electron chi connectivity index (χ0n) is 9.07. The molecule has 0 radical (unpaired) electrons. The first kappa shape index (κ1) is 11.2. The summed E-state index contributed by atoms with van der Waals surface area (Å²) in [6.07, 6.45) is 7.49. The third kappa shape index (κ3) is 2.81. The van der Waals surface area contributed by atoms with Crippen molar-refractivity contribution in [2.24, 2.45) is 0 Å². The minimum atomic E-state index is 0.0452. The molecule has 2 nitrogen and oxygen atoms in total. The number of aliphatic hydroxyl groups excluding tert-OH is 1. The molecule has 0 aliphatic heterocycles. The molecule has 1 N–H and O–H groups in total. The first-order chi connectivity index (χ1) is 7.19. The highest BCUT2D eigenvalue weighted by atomic mass is 16.3. The Morgan fingerprint density at radius 2 is 2.13 bits per heavy atom. The van der Waals surface area contributed by atoms with E-state index in [1.807, 2.05) is 38.1 Å². The smallest absolute Gasteiger partial charge is 0.117 e. The van der Waals surface area contributed by atoms with Crippen molar-refractivity contribution in [2.75, 3.05) is 0 Å². The minimum absolute atomic E-state index is 0.0452. The maximum absolute atomic E-state index is 9.32. The van der Waals surface area contributed by atoms with Crippen molar-refractivity contribution in [2.45, 2.75) is 13.8 Å². The molecule has 0 unspecified atom stereocenters. The Labute approximate surface area is 90.3 Å². The van der Waals surface area contributed by atoms with Crippen molar-refractivity contribution in [3.05, 3.63) is 54.1 Å². The summed E-state index contributed by atoms with van der Waals surface area (Å²) in [5, 5.41) is 9.32. The molecule has 0 aliphatic rings. The summed E-state index contributed by atoms with van der Waals surface area (Å²) in [7, 11) is 0. The first-order valence-electron chi connectivity index (χ1n) is 4.82. The molecule has 0 aromatic carbocycles. The van der Waals surface area contributed by atoms with Gasteiger partial charge >= 0.3 is 0 Å². The van der Waals surface area contributed by atoms with Crippen LogP contribution in [0.3, 0.4) is 0 Å². The molecule has 0 spiro atoms. The van der Waals surface area contributed by atoms with Crippen LogP contribution in [0.5, 0.6) is 0 Å². The van der Waals surface area contributed by atoms with Crippen LogP contribution in [0.1, 0.15) is 25.1 Å². The molecule has 1 rings (SSSR count). The molecule has 78 valence electrons. The highest BCUT2D eigenvalue weighted by Gasteiger charge is 2.04. The Morgan fingerprint density at radius 3 is 2.53 bits per heavy atom. The Bertz CT molecular complexity index is 399. The lowest BCUT2D eigenvalue weighted by molar-refractivity contribution is 0.440. The first-order valence-corrected chi connectivity index (χ1v) is 4.82. The number of rotatable bonds is 3. The number of hydrogen-bond donors (Lipinski definition) is 1. The molecule has 1 heterocycles. The van der Waals surface area contributed by atoms with Crippen LogP contribution in [0, 0.1) is 0 Å². The summed E-state index contributed by atoms with van der Waals surface area (Å²) >= 11 is 0. The van der Waals surface area contributed by atoms with E-state index >= 15 is 0 Å². The molecule has 0 amide bonds. The fourth-order valence-corrected chi connectivity index (χ4v) is 1.32. The Kier molecular flexibility index (Phi) is 3.86. The van der Waals surface area contributed by atoms with Crippen LogP contribution in [0.4, 0.5) is 0 Å². The van der Waals surface area contributed by atoms with Crippen molar-refractivity contribution < 1.29 is 5.11 Å². The summed E-state index contributed by atoms with van der Waals surface area (Å²) < 4.78 is 0. The lowest BCUT2D eigenvalue weighted by Gasteiger charge is -2.04. The number of nitrogens with zero attached hydrogens (tertiary/aromatic N) is 1. The largest absolute Gasteiger partial charge is 0.508 e. The quantitative estimate of drug-likeness (QED) is 0.598. The zero-order valence-corrected chi connectivity index (χ0v) is 9.07. The van der Waals surface area contributed by atoms with E-state index in [1.54, 1.807) is 12.3 Å². The van der Waals surface area contributed by atoms with Crippen LogP contribution in [-0.2, 0) is 0 Å². The lowest BCUT2D eigenvalue weighted by atomic mass is 10.1. The van der Waals surface area contributed by atoms with E-state index in [9.17, 15) is 5.11 Å². The summed E-state index contributed by atoms with van der Waals surface area (Å²) in [4.78, 5) is 4.25. The molecule has 1 aromatic heterocycles.